The van der Waals surface area contributed by atoms with Crippen molar-refractivity contribution >= 4 is 41.6 Å². The fraction of sp³-hybridized carbons (Fsp3) is 1.00. The van der Waals surface area contributed by atoms with Crippen LogP contribution in [-0.4, -0.2) is 142 Å². The Morgan fingerprint density at radius 2 is 0.929 bits per heavy atom. The van der Waals surface area contributed by atoms with Gasteiger partial charge in [-0.1, -0.05) is 0 Å². The molecule has 4 N–H and O–H groups in total. The van der Waals surface area contributed by atoms with Gasteiger partial charge in [0.15, 0.2) is 0 Å². The van der Waals surface area contributed by atoms with Crippen molar-refractivity contribution in [2.24, 2.45) is 11.8 Å². The summed E-state index contributed by atoms with van der Waals surface area (Å²) in [7, 11) is -19.7. The van der Waals surface area contributed by atoms with Gasteiger partial charge in [0, 0.05) is 25.6 Å². The molecule has 0 spiro atoms. The number of methoxy groups -OCH3 is 1. The summed E-state index contributed by atoms with van der Waals surface area (Å²) in [6.07, 6.45) is -10.3. The third kappa shape index (κ3) is 13.1. The van der Waals surface area contributed by atoms with E-state index in [-0.39, 0.29) is 26.4 Å². The summed E-state index contributed by atoms with van der Waals surface area (Å²) in [5.41, 5.74) is 0. The Morgan fingerprint density at radius 1 is 0.571 bits per heavy atom. The van der Waals surface area contributed by atoms with Crippen molar-refractivity contribution in [3.63, 3.8) is 0 Å². The van der Waals surface area contributed by atoms with Gasteiger partial charge >= 0.3 is 41.6 Å². The van der Waals surface area contributed by atoms with E-state index in [1.165, 1.54) is 7.11 Å². The molecule has 42 heavy (non-hydrogen) atoms. The first-order chi connectivity index (χ1) is 19.2. The first-order valence-corrected chi connectivity index (χ1v) is 17.2. The smallest absolute Gasteiger partial charge is 0.384 e. The fourth-order valence-electron chi connectivity index (χ4n) is 4.25. The van der Waals surface area contributed by atoms with Crippen LogP contribution in [0.5, 0.6) is 0 Å². The van der Waals surface area contributed by atoms with E-state index < -0.39 is 110 Å². The molecule has 0 aliphatic carbocycles. The second-order valence-electron chi connectivity index (χ2n) is 8.87. The lowest BCUT2D eigenvalue weighted by Gasteiger charge is -2.41. The van der Waals surface area contributed by atoms with Crippen molar-refractivity contribution in [2.45, 2.75) is 43.5 Å². The monoisotopic (exact) mass is 700 g/mol. The molecular formula is C17H32O21S4. The Labute approximate surface area is 242 Å². The second-order valence-corrected chi connectivity index (χ2v) is 13.1. The average molecular weight is 701 g/mol. The van der Waals surface area contributed by atoms with Crippen LogP contribution in [0.3, 0.4) is 0 Å². The maximum atomic E-state index is 11.6. The molecule has 4 unspecified atom stereocenters. The van der Waals surface area contributed by atoms with Crippen molar-refractivity contribution in [1.82, 2.24) is 0 Å². The van der Waals surface area contributed by atoms with Crippen molar-refractivity contribution in [1.29, 1.82) is 0 Å². The zero-order valence-electron chi connectivity index (χ0n) is 21.9. The predicted molar refractivity (Wildman–Crippen MR) is 131 cm³/mol. The molecular weight excluding hydrogens is 668 g/mol. The minimum Gasteiger partial charge on any atom is -0.384 e. The largest absolute Gasteiger partial charge is 0.397 e. The maximum absolute atomic E-state index is 11.6. The van der Waals surface area contributed by atoms with Gasteiger partial charge in [-0.25, -0.2) is 16.7 Å². The molecule has 0 aromatic carbocycles. The average Bonchev–Trinajstić information content (AvgIpc) is 2.80. The molecule has 0 bridgehead atoms. The molecule has 25 heteroatoms. The van der Waals surface area contributed by atoms with Crippen LogP contribution in [0.1, 0.15) is 6.92 Å². The second kappa shape index (κ2) is 15.5. The van der Waals surface area contributed by atoms with Crippen LogP contribution < -0.4 is 0 Å². The fourth-order valence-corrected chi connectivity index (χ4v) is 6.37. The minimum atomic E-state index is -5.27. The first kappa shape index (κ1) is 37.5. The Kier molecular flexibility index (Phi) is 13.8. The molecule has 21 nitrogen and oxygen atoms in total. The third-order valence-electron chi connectivity index (χ3n) is 5.77. The quantitative estimate of drug-likeness (QED) is 0.114. The number of hydrogen-bond donors (Lipinski definition) is 4. The van der Waals surface area contributed by atoms with Crippen LogP contribution in [0.25, 0.3) is 0 Å². The molecule has 8 atom stereocenters. The van der Waals surface area contributed by atoms with Gasteiger partial charge in [-0.2, -0.15) is 33.7 Å². The zero-order valence-corrected chi connectivity index (χ0v) is 25.2. The van der Waals surface area contributed by atoms with Gasteiger partial charge in [-0.3, -0.25) is 18.2 Å². The van der Waals surface area contributed by atoms with E-state index in [1.54, 1.807) is 6.92 Å². The normalized spacial score (nSPS) is 31.7. The van der Waals surface area contributed by atoms with Crippen LogP contribution in [-0.2, 0) is 82.0 Å². The van der Waals surface area contributed by atoms with Crippen LogP contribution in [0.15, 0.2) is 0 Å². The molecule has 0 amide bonds. The number of hydrogen-bond acceptors (Lipinski definition) is 17. The highest BCUT2D eigenvalue weighted by Crippen LogP contribution is 2.31. The molecule has 2 aliphatic rings. The zero-order chi connectivity index (χ0) is 31.9. The van der Waals surface area contributed by atoms with E-state index in [0.717, 1.165) is 0 Å². The van der Waals surface area contributed by atoms with Gasteiger partial charge in [0.05, 0.1) is 39.6 Å². The van der Waals surface area contributed by atoms with Crippen molar-refractivity contribution in [2.75, 3.05) is 53.4 Å². The summed E-state index contributed by atoms with van der Waals surface area (Å²) in [6, 6.07) is 0. The Hall–Kier alpha value is -0.720. The molecule has 0 radical (unpaired) electrons. The van der Waals surface area contributed by atoms with Crippen LogP contribution in [0.4, 0.5) is 0 Å². The molecule has 2 fully saturated rings. The third-order valence-corrected chi connectivity index (χ3v) is 7.63. The van der Waals surface area contributed by atoms with E-state index in [4.69, 9.17) is 23.7 Å². The van der Waals surface area contributed by atoms with Crippen LogP contribution in [0, 0.1) is 11.8 Å². The van der Waals surface area contributed by atoms with Gasteiger partial charge < -0.3 is 23.7 Å². The lowest BCUT2D eigenvalue weighted by atomic mass is 9.92. The van der Waals surface area contributed by atoms with Crippen molar-refractivity contribution in [3.8, 4) is 0 Å². The molecule has 2 heterocycles. The van der Waals surface area contributed by atoms with Crippen molar-refractivity contribution in [3.05, 3.63) is 0 Å². The molecule has 2 rings (SSSR count). The summed E-state index contributed by atoms with van der Waals surface area (Å²) in [5, 5.41) is 0. The summed E-state index contributed by atoms with van der Waals surface area (Å²) in [5.74, 6) is -2.30. The van der Waals surface area contributed by atoms with E-state index in [1.807, 2.05) is 0 Å². The molecule has 2 aliphatic heterocycles. The molecule has 0 aromatic heterocycles. The van der Waals surface area contributed by atoms with Crippen LogP contribution >= 0.6 is 0 Å². The Bertz CT molecular complexity index is 1280. The molecule has 0 saturated carbocycles. The summed E-state index contributed by atoms with van der Waals surface area (Å²) < 4.78 is 174. The van der Waals surface area contributed by atoms with Gasteiger partial charge in [0.2, 0.25) is 0 Å². The molecule has 0 aromatic rings. The summed E-state index contributed by atoms with van der Waals surface area (Å²) >= 11 is 0. The number of ether oxygens (including phenoxy) is 5. The minimum absolute atomic E-state index is 0.122. The van der Waals surface area contributed by atoms with E-state index in [9.17, 15) is 51.9 Å². The Balaban J connectivity index is 2.29. The maximum Gasteiger partial charge on any atom is 0.397 e. The summed E-state index contributed by atoms with van der Waals surface area (Å²) in [4.78, 5) is 0. The lowest BCUT2D eigenvalue weighted by Crippen LogP contribution is -2.57. The standard InChI is InChI=1S/C17H32O21S4/c1-3-31-8-12-16(37-41(24,25)26)15(36-40(21,22)23)11(7-34-12)5-32-9-13-17(38-42(27,28)29)14(35-39(18,19)20)10(4-30-2)6-33-13/h10-17H,3-9H2,1-2H3,(H,18,19,20)(H,21,22,23)(H,24,25,26)(H,27,28,29)/t10-,11-,12+,13+,14?,15?,16?,17?/m1/s1. The van der Waals surface area contributed by atoms with E-state index >= 15 is 0 Å². The van der Waals surface area contributed by atoms with Gasteiger partial charge in [0.1, 0.15) is 36.6 Å². The lowest BCUT2D eigenvalue weighted by molar-refractivity contribution is -0.190. The van der Waals surface area contributed by atoms with E-state index in [2.05, 4.69) is 16.7 Å². The van der Waals surface area contributed by atoms with Gasteiger partial charge in [-0.15, -0.1) is 0 Å². The predicted octanol–water partition coefficient (Wildman–Crippen LogP) is -2.53. The summed E-state index contributed by atoms with van der Waals surface area (Å²) in [6.45, 7) is -0.954. The SMILES string of the molecule is CCOC[C@@H]1OC[C@@H](COC[C@@H]2OC[C@@H](COC)C(OS(=O)(=O)O)C2OS(=O)(=O)O)C(OS(=O)(=O)O)C1OS(=O)(=O)O. The van der Waals surface area contributed by atoms with Gasteiger partial charge in [-0.05, 0) is 6.92 Å². The topological polar surface area (TPSA) is 301 Å². The highest BCUT2D eigenvalue weighted by Gasteiger charge is 2.49. The van der Waals surface area contributed by atoms with Crippen molar-refractivity contribution < 1.29 is 92.3 Å². The number of rotatable bonds is 17. The van der Waals surface area contributed by atoms with Gasteiger partial charge in [0.25, 0.3) is 0 Å². The first-order valence-electron chi connectivity index (χ1n) is 11.7. The highest BCUT2D eigenvalue weighted by molar-refractivity contribution is 7.81. The molecule has 2 saturated heterocycles. The highest BCUT2D eigenvalue weighted by atomic mass is 32.3. The van der Waals surface area contributed by atoms with E-state index in [0.29, 0.717) is 0 Å². The molecule has 250 valence electrons. The Morgan fingerprint density at radius 3 is 1.29 bits per heavy atom. The van der Waals surface area contributed by atoms with Crippen LogP contribution in [0.2, 0.25) is 0 Å².